The molecule has 0 spiro atoms. The summed E-state index contributed by atoms with van der Waals surface area (Å²) in [6.07, 6.45) is -2.85. The summed E-state index contributed by atoms with van der Waals surface area (Å²) >= 11 is 5.64. The molecule has 1 aromatic heterocycles. The minimum atomic E-state index is -4.69. The molecule has 0 atom stereocenters. The van der Waals surface area contributed by atoms with E-state index < -0.39 is 32.6 Å². The number of nitrogens with one attached hydrogen (secondary N) is 1. The molecular weight excluding hydrogens is 378 g/mol. The van der Waals surface area contributed by atoms with Crippen LogP contribution >= 0.6 is 23.8 Å². The van der Waals surface area contributed by atoms with E-state index in [1.165, 1.54) is 12.1 Å². The second-order valence-electron chi connectivity index (χ2n) is 4.07. The highest BCUT2D eigenvalue weighted by atomic mass is 32.2. The third-order valence-electron chi connectivity index (χ3n) is 2.60. The molecule has 2 aromatic rings. The van der Waals surface area contributed by atoms with Gasteiger partial charge in [0.1, 0.15) is 9.87 Å². The third kappa shape index (κ3) is 3.82. The lowest BCUT2D eigenvalue weighted by Gasteiger charge is -2.08. The third-order valence-corrected chi connectivity index (χ3v) is 5.19. The number of halogens is 4. The Balaban J connectivity index is 2.18. The molecule has 0 fully saturated rings. The van der Waals surface area contributed by atoms with E-state index >= 15 is 0 Å². The molecule has 0 radical (unpaired) electrons. The molecule has 0 aliphatic heterocycles. The smallest absolute Gasteiger partial charge is 0.341 e. The quantitative estimate of drug-likeness (QED) is 0.629. The van der Waals surface area contributed by atoms with Crippen molar-refractivity contribution < 1.29 is 26.0 Å². The zero-order chi connectivity index (χ0) is 17.2. The Hall–Kier alpha value is -1.66. The van der Waals surface area contributed by atoms with Gasteiger partial charge in [-0.25, -0.2) is 17.2 Å². The average molecular weight is 385 g/mol. The lowest BCUT2D eigenvalue weighted by Crippen LogP contribution is -2.13. The Morgan fingerprint density at radius 1 is 1.17 bits per heavy atom. The molecule has 0 saturated heterocycles. The molecule has 0 bridgehead atoms. The van der Waals surface area contributed by atoms with Crippen LogP contribution in [-0.2, 0) is 9.84 Å². The van der Waals surface area contributed by atoms with Crippen LogP contribution in [0.15, 0.2) is 29.2 Å². The number of alkyl halides is 4. The zero-order valence-electron chi connectivity index (χ0n) is 10.9. The van der Waals surface area contributed by atoms with E-state index in [1.54, 1.807) is 0 Å². The van der Waals surface area contributed by atoms with Crippen LogP contribution in [0.3, 0.4) is 0 Å². The lowest BCUT2D eigenvalue weighted by molar-refractivity contribution is 0.146. The molecule has 1 heterocycles. The largest absolute Gasteiger partial charge is 0.345 e. The second-order valence-corrected chi connectivity index (χ2v) is 7.15. The molecule has 0 aliphatic carbocycles. The van der Waals surface area contributed by atoms with Gasteiger partial charge in [0.05, 0.1) is 4.90 Å². The van der Waals surface area contributed by atoms with Crippen LogP contribution in [0.2, 0.25) is 0 Å². The number of thiocarbonyl (C=S) groups is 1. The van der Waals surface area contributed by atoms with Crippen LogP contribution in [0.4, 0.5) is 23.2 Å². The minimum absolute atomic E-state index is 0.0284. The fourth-order valence-corrected chi connectivity index (χ4v) is 3.14. The van der Waals surface area contributed by atoms with Crippen LogP contribution in [0.25, 0.3) is 0 Å². The molecule has 12 heteroatoms. The number of aromatic nitrogens is 2. The van der Waals surface area contributed by atoms with Gasteiger partial charge in [0.25, 0.3) is 6.43 Å². The van der Waals surface area contributed by atoms with Gasteiger partial charge < -0.3 is 5.32 Å². The summed E-state index contributed by atoms with van der Waals surface area (Å²) in [5.74, 6) is -3.53. The van der Waals surface area contributed by atoms with Gasteiger partial charge in [-0.15, -0.1) is 5.10 Å². The fourth-order valence-electron chi connectivity index (χ4n) is 1.52. The first-order valence-corrected chi connectivity index (χ1v) is 8.50. The van der Waals surface area contributed by atoms with E-state index in [1.807, 2.05) is 0 Å². The van der Waals surface area contributed by atoms with Gasteiger partial charge in [-0.1, -0.05) is 16.7 Å². The number of benzene rings is 1. The predicted octanol–water partition coefficient (Wildman–Crippen LogP) is 3.26. The first kappa shape index (κ1) is 17.7. The highest BCUT2D eigenvalue weighted by Crippen LogP contribution is 2.25. The topological polar surface area (TPSA) is 72.0 Å². The van der Waals surface area contributed by atoms with Crippen molar-refractivity contribution in [1.29, 1.82) is 0 Å². The Kier molecular flexibility index (Phi) is 5.26. The minimum Gasteiger partial charge on any atom is -0.345 e. The zero-order valence-corrected chi connectivity index (χ0v) is 13.4. The number of hydrogen-bond donors (Lipinski definition) is 1. The number of sulfone groups is 1. The van der Waals surface area contributed by atoms with E-state index in [-0.39, 0.29) is 15.6 Å². The molecule has 23 heavy (non-hydrogen) atoms. The summed E-state index contributed by atoms with van der Waals surface area (Å²) in [5.41, 5.74) is -0.318. The highest BCUT2D eigenvalue weighted by molar-refractivity contribution is 7.91. The van der Waals surface area contributed by atoms with Gasteiger partial charge in [-0.3, -0.25) is 0 Å². The van der Waals surface area contributed by atoms with Crippen LogP contribution in [0.5, 0.6) is 0 Å². The molecule has 0 aliphatic rings. The Morgan fingerprint density at radius 2 is 1.78 bits per heavy atom. The lowest BCUT2D eigenvalue weighted by atomic mass is 10.3. The van der Waals surface area contributed by atoms with Crippen molar-refractivity contribution in [3.05, 3.63) is 34.8 Å². The maximum atomic E-state index is 12.7. The van der Waals surface area contributed by atoms with Crippen LogP contribution < -0.4 is 5.32 Å². The van der Waals surface area contributed by atoms with Crippen molar-refractivity contribution in [2.45, 2.75) is 17.1 Å². The fraction of sp³-hybridized carbons (Fsp3) is 0.182. The van der Waals surface area contributed by atoms with Crippen molar-refractivity contribution in [2.75, 3.05) is 5.32 Å². The molecule has 0 unspecified atom stereocenters. The van der Waals surface area contributed by atoms with Crippen LogP contribution in [-0.4, -0.2) is 28.8 Å². The van der Waals surface area contributed by atoms with Gasteiger partial charge in [0.15, 0.2) is 5.69 Å². The molecular formula is C11H7F4N3O2S3. The average Bonchev–Trinajstić information content (AvgIpc) is 2.97. The maximum absolute atomic E-state index is 12.7. The normalized spacial score (nSPS) is 11.9. The number of hydrogen-bond acceptors (Lipinski definition) is 6. The Morgan fingerprint density at radius 3 is 2.30 bits per heavy atom. The van der Waals surface area contributed by atoms with Crippen LogP contribution in [0, 0.1) is 0 Å². The first-order valence-electron chi connectivity index (χ1n) is 5.77. The van der Waals surface area contributed by atoms with Crippen molar-refractivity contribution in [2.24, 2.45) is 0 Å². The summed E-state index contributed by atoms with van der Waals surface area (Å²) in [5, 5.41) is 5.87. The van der Waals surface area contributed by atoms with E-state index in [9.17, 15) is 26.0 Å². The predicted molar refractivity (Wildman–Crippen MR) is 79.8 cm³/mol. The summed E-state index contributed by atoms with van der Waals surface area (Å²) in [4.78, 5) is -0.671. The van der Waals surface area contributed by atoms with Crippen molar-refractivity contribution in [1.82, 2.24) is 9.59 Å². The Labute approximate surface area is 137 Å². The maximum Gasteiger partial charge on any atom is 0.341 e. The van der Waals surface area contributed by atoms with Gasteiger partial charge in [-0.05, 0) is 35.8 Å². The summed E-state index contributed by atoms with van der Waals surface area (Å²) < 4.78 is 76.2. The standard InChI is InChI=1S/C11H7F4N3O2S3/c12-9(13)7-8(22-18-17-7)10(21)16-5-1-3-6(4-2-5)23(19,20)11(14)15/h1-4,9,11H,(H,16,21). The molecule has 124 valence electrons. The summed E-state index contributed by atoms with van der Waals surface area (Å²) in [6, 6.07) is 4.31. The monoisotopic (exact) mass is 385 g/mol. The molecule has 0 saturated carbocycles. The number of anilines is 1. The summed E-state index contributed by atoms with van der Waals surface area (Å²) in [6.45, 7) is 0. The van der Waals surface area contributed by atoms with Crippen molar-refractivity contribution in [3.8, 4) is 0 Å². The second kappa shape index (κ2) is 6.84. The number of rotatable bonds is 5. The highest BCUT2D eigenvalue weighted by Gasteiger charge is 2.26. The van der Waals surface area contributed by atoms with E-state index in [2.05, 4.69) is 14.9 Å². The molecule has 2 rings (SSSR count). The molecule has 0 amide bonds. The van der Waals surface area contributed by atoms with Gasteiger partial charge in [0.2, 0.25) is 9.84 Å². The first-order chi connectivity index (χ1) is 10.7. The van der Waals surface area contributed by atoms with Crippen LogP contribution in [0.1, 0.15) is 17.0 Å². The van der Waals surface area contributed by atoms with Gasteiger partial charge >= 0.3 is 5.76 Å². The SMILES string of the molecule is O=S(=O)(c1ccc(NC(=S)c2snnc2C(F)F)cc1)C(F)F. The van der Waals surface area contributed by atoms with E-state index in [4.69, 9.17) is 12.2 Å². The van der Waals surface area contributed by atoms with E-state index in [0.29, 0.717) is 11.5 Å². The number of nitrogens with zero attached hydrogens (tertiary/aromatic N) is 2. The van der Waals surface area contributed by atoms with Crippen molar-refractivity contribution in [3.63, 3.8) is 0 Å². The van der Waals surface area contributed by atoms with Gasteiger partial charge in [-0.2, -0.15) is 8.78 Å². The molecule has 1 N–H and O–H groups in total. The molecule has 1 aromatic carbocycles. The van der Waals surface area contributed by atoms with Gasteiger partial charge in [0, 0.05) is 5.69 Å². The van der Waals surface area contributed by atoms with Crippen molar-refractivity contribution >= 4 is 44.3 Å². The summed E-state index contributed by atoms with van der Waals surface area (Å²) in [7, 11) is -4.69. The molecule has 5 nitrogen and oxygen atoms in total. The van der Waals surface area contributed by atoms with E-state index in [0.717, 1.165) is 12.1 Å². The Bertz CT molecular complexity index is 806.